The highest BCUT2D eigenvalue weighted by molar-refractivity contribution is 5.82. The van der Waals surface area contributed by atoms with Crippen LogP contribution in [-0.4, -0.2) is 29.4 Å². The minimum absolute atomic E-state index is 0.144. The van der Waals surface area contributed by atoms with Gasteiger partial charge in [0.25, 0.3) is 0 Å². The minimum Gasteiger partial charge on any atom is -0.373 e. The summed E-state index contributed by atoms with van der Waals surface area (Å²) < 4.78 is 0. The van der Waals surface area contributed by atoms with Crippen LogP contribution in [0.3, 0.4) is 0 Å². The Bertz CT molecular complexity index is 668. The van der Waals surface area contributed by atoms with Crippen LogP contribution in [0.25, 0.3) is 10.9 Å². The van der Waals surface area contributed by atoms with Crippen molar-refractivity contribution in [2.24, 2.45) is 5.92 Å². The molecule has 1 fully saturated rings. The first-order valence-corrected chi connectivity index (χ1v) is 7.54. The average Bonchev–Trinajstić information content (AvgIpc) is 2.51. The lowest BCUT2D eigenvalue weighted by atomic mass is 9.98. The maximum absolute atomic E-state index is 12.3. The SMILES string of the molecule is CNc1nc2ccccc2cc1CN1CCCC(C)C1=O. The maximum Gasteiger partial charge on any atom is 0.225 e. The molecule has 1 saturated heterocycles. The molecular weight excluding hydrogens is 262 g/mol. The van der Waals surface area contributed by atoms with E-state index < -0.39 is 0 Å². The molecule has 1 aromatic heterocycles. The third kappa shape index (κ3) is 2.71. The van der Waals surface area contributed by atoms with Gasteiger partial charge in [0.05, 0.1) is 5.52 Å². The van der Waals surface area contributed by atoms with E-state index in [0.29, 0.717) is 6.54 Å². The number of carbonyl (C=O) groups is 1. The van der Waals surface area contributed by atoms with E-state index in [2.05, 4.69) is 22.4 Å². The van der Waals surface area contributed by atoms with Crippen LogP contribution in [0.15, 0.2) is 30.3 Å². The second kappa shape index (κ2) is 5.72. The quantitative estimate of drug-likeness (QED) is 0.941. The largest absolute Gasteiger partial charge is 0.373 e. The molecule has 2 heterocycles. The summed E-state index contributed by atoms with van der Waals surface area (Å²) in [5.41, 5.74) is 2.06. The number of benzene rings is 1. The summed E-state index contributed by atoms with van der Waals surface area (Å²) in [6, 6.07) is 10.2. The minimum atomic E-state index is 0.144. The lowest BCUT2D eigenvalue weighted by Crippen LogP contribution is -2.39. The summed E-state index contributed by atoms with van der Waals surface area (Å²) >= 11 is 0. The van der Waals surface area contributed by atoms with Gasteiger partial charge in [-0.1, -0.05) is 25.1 Å². The van der Waals surface area contributed by atoms with E-state index in [1.807, 2.05) is 37.1 Å². The highest BCUT2D eigenvalue weighted by Gasteiger charge is 2.25. The number of hydrogen-bond acceptors (Lipinski definition) is 3. The maximum atomic E-state index is 12.3. The van der Waals surface area contributed by atoms with E-state index in [1.165, 1.54) is 0 Å². The standard InChI is InChI=1S/C17H21N3O/c1-12-6-5-9-20(17(12)21)11-14-10-13-7-3-4-8-15(13)19-16(14)18-2/h3-4,7-8,10,12H,5-6,9,11H2,1-2H3,(H,18,19). The number of para-hydroxylation sites is 1. The Balaban J connectivity index is 1.93. The molecule has 1 aromatic carbocycles. The first-order chi connectivity index (χ1) is 10.2. The second-order valence-electron chi connectivity index (χ2n) is 5.74. The van der Waals surface area contributed by atoms with Crippen LogP contribution in [0.2, 0.25) is 0 Å². The van der Waals surface area contributed by atoms with E-state index in [4.69, 9.17) is 0 Å². The van der Waals surface area contributed by atoms with Gasteiger partial charge in [-0.3, -0.25) is 4.79 Å². The van der Waals surface area contributed by atoms with Gasteiger partial charge in [0.15, 0.2) is 0 Å². The molecule has 0 spiro atoms. The fourth-order valence-electron chi connectivity index (χ4n) is 2.99. The number of nitrogens with one attached hydrogen (secondary N) is 1. The van der Waals surface area contributed by atoms with Crippen LogP contribution >= 0.6 is 0 Å². The Morgan fingerprint density at radius 3 is 3.00 bits per heavy atom. The molecule has 0 radical (unpaired) electrons. The first kappa shape index (κ1) is 13.9. The van der Waals surface area contributed by atoms with Gasteiger partial charge in [0.2, 0.25) is 5.91 Å². The molecule has 4 nitrogen and oxygen atoms in total. The van der Waals surface area contributed by atoms with Gasteiger partial charge in [-0.15, -0.1) is 0 Å². The molecule has 1 atom stereocenters. The molecule has 2 aromatic rings. The zero-order valence-corrected chi connectivity index (χ0v) is 12.6. The van der Waals surface area contributed by atoms with E-state index >= 15 is 0 Å². The van der Waals surface area contributed by atoms with E-state index in [9.17, 15) is 4.79 Å². The van der Waals surface area contributed by atoms with Crippen LogP contribution in [0.4, 0.5) is 5.82 Å². The Kier molecular flexibility index (Phi) is 3.78. The van der Waals surface area contributed by atoms with Gasteiger partial charge in [-0.05, 0) is 25.0 Å². The van der Waals surface area contributed by atoms with Crippen LogP contribution < -0.4 is 5.32 Å². The van der Waals surface area contributed by atoms with Crippen molar-refractivity contribution in [3.05, 3.63) is 35.9 Å². The number of amides is 1. The molecule has 3 rings (SSSR count). The van der Waals surface area contributed by atoms with Gasteiger partial charge >= 0.3 is 0 Å². The molecule has 1 aliphatic rings. The lowest BCUT2D eigenvalue weighted by Gasteiger charge is -2.31. The number of anilines is 1. The van der Waals surface area contributed by atoms with Crippen LogP contribution in [0.1, 0.15) is 25.3 Å². The van der Waals surface area contributed by atoms with Gasteiger partial charge in [0.1, 0.15) is 5.82 Å². The molecule has 1 unspecified atom stereocenters. The fourth-order valence-corrected chi connectivity index (χ4v) is 2.99. The Morgan fingerprint density at radius 2 is 2.19 bits per heavy atom. The Morgan fingerprint density at radius 1 is 1.38 bits per heavy atom. The molecule has 1 N–H and O–H groups in total. The summed E-state index contributed by atoms with van der Waals surface area (Å²) in [6.07, 6.45) is 2.09. The molecule has 1 amide bonds. The Hall–Kier alpha value is -2.10. The van der Waals surface area contributed by atoms with Gasteiger partial charge in [-0.2, -0.15) is 0 Å². The van der Waals surface area contributed by atoms with Crippen LogP contribution in [-0.2, 0) is 11.3 Å². The number of fused-ring (bicyclic) bond motifs is 1. The number of hydrogen-bond donors (Lipinski definition) is 1. The smallest absolute Gasteiger partial charge is 0.225 e. The van der Waals surface area contributed by atoms with Crippen LogP contribution in [0, 0.1) is 5.92 Å². The number of nitrogens with zero attached hydrogens (tertiary/aromatic N) is 2. The summed E-state index contributed by atoms with van der Waals surface area (Å²) in [6.45, 7) is 3.50. The van der Waals surface area contributed by atoms with Crippen molar-refractivity contribution >= 4 is 22.6 Å². The zero-order valence-electron chi connectivity index (χ0n) is 12.6. The molecular formula is C17H21N3O. The van der Waals surface area contributed by atoms with Gasteiger partial charge in [0, 0.05) is 37.0 Å². The molecule has 0 aliphatic carbocycles. The summed E-state index contributed by atoms with van der Waals surface area (Å²) in [7, 11) is 1.88. The summed E-state index contributed by atoms with van der Waals surface area (Å²) in [4.78, 5) is 18.9. The van der Waals surface area contributed by atoms with Crippen molar-refractivity contribution in [1.29, 1.82) is 0 Å². The molecule has 4 heteroatoms. The van der Waals surface area contributed by atoms with Crippen molar-refractivity contribution in [3.63, 3.8) is 0 Å². The number of aromatic nitrogens is 1. The predicted octanol–water partition coefficient (Wildman–Crippen LogP) is 3.04. The summed E-state index contributed by atoms with van der Waals surface area (Å²) in [5.74, 6) is 1.27. The molecule has 0 saturated carbocycles. The summed E-state index contributed by atoms with van der Waals surface area (Å²) in [5, 5.41) is 4.27. The number of piperidine rings is 1. The predicted molar refractivity (Wildman–Crippen MR) is 85.1 cm³/mol. The van der Waals surface area contributed by atoms with Crippen molar-refractivity contribution in [3.8, 4) is 0 Å². The second-order valence-corrected chi connectivity index (χ2v) is 5.74. The first-order valence-electron chi connectivity index (χ1n) is 7.54. The average molecular weight is 283 g/mol. The number of likely N-dealkylation sites (tertiary alicyclic amines) is 1. The molecule has 0 bridgehead atoms. The number of carbonyl (C=O) groups excluding carboxylic acids is 1. The highest BCUT2D eigenvalue weighted by Crippen LogP contribution is 2.24. The Labute approximate surface area is 125 Å². The van der Waals surface area contributed by atoms with Crippen LogP contribution in [0.5, 0.6) is 0 Å². The number of rotatable bonds is 3. The lowest BCUT2D eigenvalue weighted by molar-refractivity contribution is -0.138. The monoisotopic (exact) mass is 283 g/mol. The fraction of sp³-hybridized carbons (Fsp3) is 0.412. The van der Waals surface area contributed by atoms with Gasteiger partial charge in [-0.25, -0.2) is 4.98 Å². The third-order valence-corrected chi connectivity index (χ3v) is 4.20. The van der Waals surface area contributed by atoms with Crippen molar-refractivity contribution in [2.75, 3.05) is 18.9 Å². The van der Waals surface area contributed by atoms with E-state index in [-0.39, 0.29) is 11.8 Å². The van der Waals surface area contributed by atoms with Crippen molar-refractivity contribution in [1.82, 2.24) is 9.88 Å². The molecule has 110 valence electrons. The number of pyridine rings is 1. The normalized spacial score (nSPS) is 19.0. The van der Waals surface area contributed by atoms with Crippen molar-refractivity contribution < 1.29 is 4.79 Å². The third-order valence-electron chi connectivity index (χ3n) is 4.20. The van der Waals surface area contributed by atoms with E-state index in [1.54, 1.807) is 0 Å². The topological polar surface area (TPSA) is 45.2 Å². The van der Waals surface area contributed by atoms with E-state index in [0.717, 1.165) is 41.7 Å². The van der Waals surface area contributed by atoms with Gasteiger partial charge < -0.3 is 10.2 Å². The highest BCUT2D eigenvalue weighted by atomic mass is 16.2. The molecule has 1 aliphatic heterocycles. The zero-order chi connectivity index (χ0) is 14.8. The van der Waals surface area contributed by atoms with Crippen molar-refractivity contribution in [2.45, 2.75) is 26.3 Å². The molecule has 21 heavy (non-hydrogen) atoms.